The molecule has 4 heterocycles. The van der Waals surface area contributed by atoms with Gasteiger partial charge >= 0.3 is 0 Å². The summed E-state index contributed by atoms with van der Waals surface area (Å²) in [6, 6.07) is 4.22. The van der Waals surface area contributed by atoms with E-state index in [0.717, 1.165) is 49.0 Å². The normalized spacial score (nSPS) is 27.5. The zero-order chi connectivity index (χ0) is 15.7. The predicted molar refractivity (Wildman–Crippen MR) is 88.8 cm³/mol. The first-order valence-electron chi connectivity index (χ1n) is 7.94. The van der Waals surface area contributed by atoms with Crippen molar-refractivity contribution in [1.29, 1.82) is 0 Å². The van der Waals surface area contributed by atoms with Crippen LogP contribution in [0.25, 0.3) is 0 Å². The van der Waals surface area contributed by atoms with E-state index in [1.54, 1.807) is 16.8 Å². The minimum atomic E-state index is -0.0836. The summed E-state index contributed by atoms with van der Waals surface area (Å²) in [5.74, 6) is 0.818. The van der Waals surface area contributed by atoms with E-state index in [0.29, 0.717) is 6.61 Å². The van der Waals surface area contributed by atoms with Crippen LogP contribution in [-0.2, 0) is 4.74 Å². The van der Waals surface area contributed by atoms with Crippen LogP contribution >= 0.6 is 11.3 Å². The summed E-state index contributed by atoms with van der Waals surface area (Å²) in [5, 5.41) is 20.9. The molecule has 1 spiro atoms. The minimum absolute atomic E-state index is 0.0836. The van der Waals surface area contributed by atoms with E-state index in [1.807, 2.05) is 19.1 Å². The first kappa shape index (κ1) is 14.8. The molecule has 2 atom stereocenters. The summed E-state index contributed by atoms with van der Waals surface area (Å²) in [7, 11) is 0. The first-order chi connectivity index (χ1) is 11.2. The number of hydrogen-bond acceptors (Lipinski definition) is 8. The Morgan fingerprint density at radius 1 is 1.35 bits per heavy atom. The van der Waals surface area contributed by atoms with Gasteiger partial charge in [0.05, 0.1) is 23.9 Å². The number of anilines is 2. The fourth-order valence-corrected chi connectivity index (χ4v) is 4.06. The van der Waals surface area contributed by atoms with Crippen LogP contribution in [0.3, 0.4) is 0 Å². The fourth-order valence-electron chi connectivity index (χ4n) is 3.47. The summed E-state index contributed by atoms with van der Waals surface area (Å²) in [4.78, 5) is 2.30. The smallest absolute Gasteiger partial charge is 0.208 e. The molecule has 1 N–H and O–H groups in total. The minimum Gasteiger partial charge on any atom is -0.371 e. The highest BCUT2D eigenvalue weighted by Crippen LogP contribution is 2.37. The second-order valence-corrected chi connectivity index (χ2v) is 7.16. The molecule has 23 heavy (non-hydrogen) atoms. The fraction of sp³-hybridized carbons (Fsp3) is 0.600. The van der Waals surface area contributed by atoms with Crippen molar-refractivity contribution in [3.63, 3.8) is 0 Å². The Labute approximate surface area is 139 Å². The maximum absolute atomic E-state index is 6.22. The molecule has 2 aromatic rings. The van der Waals surface area contributed by atoms with Gasteiger partial charge in [-0.2, -0.15) is 5.10 Å². The van der Waals surface area contributed by atoms with Gasteiger partial charge in [-0.15, -0.1) is 15.3 Å². The highest BCUT2D eigenvalue weighted by Gasteiger charge is 2.44. The van der Waals surface area contributed by atoms with E-state index in [2.05, 4.69) is 30.6 Å². The molecule has 2 aliphatic rings. The highest BCUT2D eigenvalue weighted by molar-refractivity contribution is 7.13. The second-order valence-electron chi connectivity index (χ2n) is 6.35. The third-order valence-electron chi connectivity index (χ3n) is 4.52. The molecule has 8 heteroatoms. The van der Waals surface area contributed by atoms with E-state index in [4.69, 9.17) is 4.74 Å². The zero-order valence-corrected chi connectivity index (χ0v) is 13.9. The van der Waals surface area contributed by atoms with E-state index in [1.165, 1.54) is 0 Å². The number of piperidine rings is 1. The Hall–Kier alpha value is -1.80. The third kappa shape index (κ3) is 3.13. The third-order valence-corrected chi connectivity index (χ3v) is 5.27. The van der Waals surface area contributed by atoms with Gasteiger partial charge in [0.25, 0.3) is 0 Å². The Bertz CT molecular complexity index is 648. The van der Waals surface area contributed by atoms with Gasteiger partial charge in [-0.05, 0) is 31.9 Å². The SMILES string of the molecule is Cc1ccc(N[C@H]2CO[C@@]3(CCCN(c4nncs4)C3)C2)nn1. The topological polar surface area (TPSA) is 76.1 Å². The van der Waals surface area contributed by atoms with Crippen LogP contribution in [0.4, 0.5) is 10.9 Å². The molecule has 4 rings (SSSR count). The van der Waals surface area contributed by atoms with Crippen molar-refractivity contribution >= 4 is 22.3 Å². The lowest BCUT2D eigenvalue weighted by molar-refractivity contribution is -0.00638. The van der Waals surface area contributed by atoms with Crippen molar-refractivity contribution in [2.24, 2.45) is 0 Å². The molecule has 0 unspecified atom stereocenters. The Morgan fingerprint density at radius 3 is 3.09 bits per heavy atom. The molecule has 2 fully saturated rings. The Balaban J connectivity index is 1.41. The molecule has 0 amide bonds. The number of nitrogens with zero attached hydrogens (tertiary/aromatic N) is 5. The van der Waals surface area contributed by atoms with Gasteiger partial charge in [0.15, 0.2) is 0 Å². The van der Waals surface area contributed by atoms with Crippen molar-refractivity contribution in [3.8, 4) is 0 Å². The van der Waals surface area contributed by atoms with Gasteiger partial charge in [-0.25, -0.2) is 0 Å². The molecular weight excluding hydrogens is 312 g/mol. The number of hydrogen-bond donors (Lipinski definition) is 1. The van der Waals surface area contributed by atoms with Crippen LogP contribution in [0.2, 0.25) is 0 Å². The molecule has 122 valence electrons. The second kappa shape index (κ2) is 6.01. The van der Waals surface area contributed by atoms with Crippen LogP contribution in [0.5, 0.6) is 0 Å². The summed E-state index contributed by atoms with van der Waals surface area (Å²) in [5.41, 5.74) is 2.63. The molecule has 0 saturated carbocycles. The largest absolute Gasteiger partial charge is 0.371 e. The number of aryl methyl sites for hydroxylation is 1. The summed E-state index contributed by atoms with van der Waals surface area (Å²) in [6.45, 7) is 4.57. The van der Waals surface area contributed by atoms with E-state index < -0.39 is 0 Å². The monoisotopic (exact) mass is 332 g/mol. The highest BCUT2D eigenvalue weighted by atomic mass is 32.1. The standard InChI is InChI=1S/C15H20N6OS/c1-11-3-4-13(19-18-11)17-12-7-15(22-8-12)5-2-6-21(9-15)14-20-16-10-23-14/h3-4,10,12H,2,5-9H2,1H3,(H,17,19)/t12-,15+/m1/s1. The van der Waals surface area contributed by atoms with Crippen molar-refractivity contribution < 1.29 is 4.74 Å². The molecule has 2 saturated heterocycles. The van der Waals surface area contributed by atoms with Gasteiger partial charge in [0.1, 0.15) is 11.3 Å². The number of aromatic nitrogens is 4. The molecule has 2 aromatic heterocycles. The molecule has 0 aromatic carbocycles. The van der Waals surface area contributed by atoms with Crippen molar-refractivity contribution in [3.05, 3.63) is 23.3 Å². The zero-order valence-electron chi connectivity index (χ0n) is 13.1. The van der Waals surface area contributed by atoms with Gasteiger partial charge in [0, 0.05) is 19.5 Å². The maximum atomic E-state index is 6.22. The van der Waals surface area contributed by atoms with Crippen molar-refractivity contribution in [1.82, 2.24) is 20.4 Å². The summed E-state index contributed by atoms with van der Waals surface area (Å²) < 4.78 is 6.22. The predicted octanol–water partition coefficient (Wildman–Crippen LogP) is 1.88. The van der Waals surface area contributed by atoms with Gasteiger partial charge in [0.2, 0.25) is 5.13 Å². The van der Waals surface area contributed by atoms with Gasteiger partial charge < -0.3 is 15.0 Å². The average molecular weight is 332 g/mol. The van der Waals surface area contributed by atoms with E-state index in [-0.39, 0.29) is 11.6 Å². The van der Waals surface area contributed by atoms with E-state index in [9.17, 15) is 0 Å². The lowest BCUT2D eigenvalue weighted by Gasteiger charge is -2.39. The maximum Gasteiger partial charge on any atom is 0.208 e. The molecule has 0 radical (unpaired) electrons. The van der Waals surface area contributed by atoms with Crippen LogP contribution in [0, 0.1) is 6.92 Å². The lowest BCUT2D eigenvalue weighted by atomic mass is 9.89. The van der Waals surface area contributed by atoms with Crippen molar-refractivity contribution in [2.75, 3.05) is 29.9 Å². The molecule has 0 bridgehead atoms. The summed E-state index contributed by atoms with van der Waals surface area (Å²) >= 11 is 1.59. The molecule has 0 aliphatic carbocycles. The van der Waals surface area contributed by atoms with Crippen LogP contribution in [0.1, 0.15) is 25.0 Å². The van der Waals surface area contributed by atoms with Crippen molar-refractivity contribution in [2.45, 2.75) is 37.8 Å². The Morgan fingerprint density at radius 2 is 2.30 bits per heavy atom. The molecule has 7 nitrogen and oxygen atoms in total. The average Bonchev–Trinajstić information content (AvgIpc) is 3.21. The number of rotatable bonds is 3. The van der Waals surface area contributed by atoms with Crippen LogP contribution < -0.4 is 10.2 Å². The van der Waals surface area contributed by atoms with E-state index >= 15 is 0 Å². The lowest BCUT2D eigenvalue weighted by Crippen LogP contribution is -2.48. The molecular formula is C15H20N6OS. The number of ether oxygens (including phenoxy) is 1. The van der Waals surface area contributed by atoms with Gasteiger partial charge in [-0.3, -0.25) is 0 Å². The Kier molecular flexibility index (Phi) is 3.86. The summed E-state index contributed by atoms with van der Waals surface area (Å²) in [6.07, 6.45) is 3.20. The first-order valence-corrected chi connectivity index (χ1v) is 8.82. The van der Waals surface area contributed by atoms with Crippen LogP contribution in [0.15, 0.2) is 17.6 Å². The quantitative estimate of drug-likeness (QED) is 0.919. The number of nitrogens with one attached hydrogen (secondary N) is 1. The van der Waals surface area contributed by atoms with Gasteiger partial charge in [-0.1, -0.05) is 11.3 Å². The van der Waals surface area contributed by atoms with Crippen LogP contribution in [-0.4, -0.2) is 51.7 Å². The molecule has 2 aliphatic heterocycles.